The first kappa shape index (κ1) is 19.3. The second-order valence-corrected chi connectivity index (χ2v) is 7.22. The topological polar surface area (TPSA) is 62.7 Å². The Hall–Kier alpha value is -2.44. The molecule has 1 amide bonds. The fourth-order valence-electron chi connectivity index (χ4n) is 2.88. The second-order valence-electron chi connectivity index (χ2n) is 6.43. The minimum absolute atomic E-state index is 0.0691. The van der Waals surface area contributed by atoms with E-state index < -0.39 is 0 Å². The molecule has 1 aromatic heterocycles. The Kier molecular flexibility index (Phi) is 6.08. The van der Waals surface area contributed by atoms with Gasteiger partial charge in [0.05, 0.1) is 6.04 Å². The minimum Gasteiger partial charge on any atom is -0.349 e. The van der Waals surface area contributed by atoms with Crippen LogP contribution in [0.25, 0.3) is 11.4 Å². The van der Waals surface area contributed by atoms with Gasteiger partial charge in [-0.15, -0.1) is 0 Å². The van der Waals surface area contributed by atoms with Gasteiger partial charge in [-0.2, -0.15) is 5.10 Å². The number of benzene rings is 2. The van der Waals surface area contributed by atoms with Crippen molar-refractivity contribution >= 4 is 29.7 Å². The molecule has 3 rings (SSSR count). The number of carbonyl (C=O) groups excluding carboxylic acids is 1. The number of aryl methyl sites for hydroxylation is 1. The molecule has 0 saturated carbocycles. The zero-order chi connectivity index (χ0) is 19.4. The number of hydrogen-bond donors (Lipinski definition) is 2. The summed E-state index contributed by atoms with van der Waals surface area (Å²) >= 11 is 11.5. The largest absolute Gasteiger partial charge is 0.349 e. The zero-order valence-electron chi connectivity index (χ0n) is 15.2. The van der Waals surface area contributed by atoms with Gasteiger partial charge in [0.15, 0.2) is 10.6 Å². The SMILES string of the molecule is Cc1ccc(-c2n[nH]c(=S)n2CCC(=O)N[C@@H](C)c2ccccc2Cl)cc1. The lowest BCUT2D eigenvalue weighted by Crippen LogP contribution is -2.27. The number of rotatable bonds is 6. The van der Waals surface area contributed by atoms with Crippen LogP contribution in [0.4, 0.5) is 0 Å². The molecule has 0 spiro atoms. The van der Waals surface area contributed by atoms with E-state index in [1.54, 1.807) is 0 Å². The van der Waals surface area contributed by atoms with Crippen LogP contribution in [0.3, 0.4) is 0 Å². The summed E-state index contributed by atoms with van der Waals surface area (Å²) in [6.45, 7) is 4.39. The first-order valence-corrected chi connectivity index (χ1v) is 9.50. The Morgan fingerprint density at radius 1 is 1.26 bits per heavy atom. The van der Waals surface area contributed by atoms with Crippen LogP contribution in [0.5, 0.6) is 0 Å². The average molecular weight is 401 g/mol. The van der Waals surface area contributed by atoms with Crippen molar-refractivity contribution in [2.45, 2.75) is 32.9 Å². The molecule has 1 atom stereocenters. The van der Waals surface area contributed by atoms with Crippen molar-refractivity contribution in [1.29, 1.82) is 0 Å². The Balaban J connectivity index is 1.67. The van der Waals surface area contributed by atoms with Gasteiger partial charge >= 0.3 is 0 Å². The lowest BCUT2D eigenvalue weighted by Gasteiger charge is -2.16. The summed E-state index contributed by atoms with van der Waals surface area (Å²) in [6, 6.07) is 15.4. The zero-order valence-corrected chi connectivity index (χ0v) is 16.8. The molecular weight excluding hydrogens is 380 g/mol. The Bertz CT molecular complexity index is 994. The van der Waals surface area contributed by atoms with E-state index in [9.17, 15) is 4.79 Å². The van der Waals surface area contributed by atoms with E-state index in [1.807, 2.05) is 66.9 Å². The number of nitrogens with one attached hydrogen (secondary N) is 2. The van der Waals surface area contributed by atoms with Crippen molar-refractivity contribution in [3.63, 3.8) is 0 Å². The number of aromatic amines is 1. The first-order valence-electron chi connectivity index (χ1n) is 8.71. The number of hydrogen-bond acceptors (Lipinski definition) is 3. The monoisotopic (exact) mass is 400 g/mol. The highest BCUT2D eigenvalue weighted by molar-refractivity contribution is 7.71. The lowest BCUT2D eigenvalue weighted by molar-refractivity contribution is -0.121. The standard InChI is InChI=1S/C20H21ClN4OS/c1-13-7-9-15(10-8-13)19-23-24-20(27)25(19)12-11-18(26)22-14(2)16-5-3-4-6-17(16)21/h3-10,14H,11-12H2,1-2H3,(H,22,26)(H,24,27)/t14-/m0/s1. The van der Waals surface area contributed by atoms with Gasteiger partial charge in [-0.25, -0.2) is 0 Å². The van der Waals surface area contributed by atoms with E-state index >= 15 is 0 Å². The molecule has 2 aromatic carbocycles. The molecule has 1 heterocycles. The molecule has 2 N–H and O–H groups in total. The predicted octanol–water partition coefficient (Wildman–Crippen LogP) is 4.84. The molecule has 3 aromatic rings. The molecule has 0 aliphatic carbocycles. The molecule has 0 bridgehead atoms. The lowest BCUT2D eigenvalue weighted by atomic mass is 10.1. The highest BCUT2D eigenvalue weighted by Crippen LogP contribution is 2.22. The summed E-state index contributed by atoms with van der Waals surface area (Å²) in [7, 11) is 0. The molecule has 0 aliphatic heterocycles. The summed E-state index contributed by atoms with van der Waals surface area (Å²) in [4.78, 5) is 12.4. The third kappa shape index (κ3) is 4.64. The molecule has 0 unspecified atom stereocenters. The van der Waals surface area contributed by atoms with Gasteiger partial charge in [0.25, 0.3) is 0 Å². The maximum absolute atomic E-state index is 12.4. The minimum atomic E-state index is -0.167. The van der Waals surface area contributed by atoms with Crippen LogP contribution in [0.15, 0.2) is 48.5 Å². The Morgan fingerprint density at radius 3 is 2.67 bits per heavy atom. The smallest absolute Gasteiger partial charge is 0.222 e. The van der Waals surface area contributed by atoms with Gasteiger partial charge in [0, 0.05) is 23.6 Å². The fraction of sp³-hybridized carbons (Fsp3) is 0.250. The highest BCUT2D eigenvalue weighted by Gasteiger charge is 2.14. The van der Waals surface area contributed by atoms with E-state index in [-0.39, 0.29) is 11.9 Å². The van der Waals surface area contributed by atoms with Crippen LogP contribution in [-0.2, 0) is 11.3 Å². The Morgan fingerprint density at radius 2 is 1.96 bits per heavy atom. The second kappa shape index (κ2) is 8.50. The Labute approximate surface area is 168 Å². The predicted molar refractivity (Wildman–Crippen MR) is 110 cm³/mol. The molecule has 27 heavy (non-hydrogen) atoms. The van der Waals surface area contributed by atoms with Crippen molar-refractivity contribution in [2.24, 2.45) is 0 Å². The molecule has 0 aliphatic rings. The van der Waals surface area contributed by atoms with E-state index in [0.717, 1.165) is 17.0 Å². The van der Waals surface area contributed by atoms with Gasteiger partial charge in [-0.1, -0.05) is 59.6 Å². The summed E-state index contributed by atoms with van der Waals surface area (Å²) in [6.07, 6.45) is 0.293. The number of aromatic nitrogens is 3. The van der Waals surface area contributed by atoms with Crippen molar-refractivity contribution in [3.05, 3.63) is 69.5 Å². The number of halogens is 1. The number of carbonyl (C=O) groups is 1. The average Bonchev–Trinajstić information content (AvgIpc) is 3.01. The highest BCUT2D eigenvalue weighted by atomic mass is 35.5. The number of amides is 1. The van der Waals surface area contributed by atoms with Crippen molar-refractivity contribution in [1.82, 2.24) is 20.1 Å². The number of H-pyrrole nitrogens is 1. The molecule has 0 saturated heterocycles. The molecule has 140 valence electrons. The number of nitrogens with zero attached hydrogens (tertiary/aromatic N) is 2. The normalized spacial score (nSPS) is 12.0. The fourth-order valence-corrected chi connectivity index (χ4v) is 3.40. The molecular formula is C20H21ClN4OS. The van der Waals surface area contributed by atoms with Crippen LogP contribution in [-0.4, -0.2) is 20.7 Å². The summed E-state index contributed by atoms with van der Waals surface area (Å²) in [5, 5.41) is 10.8. The molecule has 7 heteroatoms. The quantitative estimate of drug-likeness (QED) is 0.582. The molecule has 0 radical (unpaired) electrons. The molecule has 5 nitrogen and oxygen atoms in total. The third-order valence-corrected chi connectivity index (χ3v) is 5.04. The summed E-state index contributed by atoms with van der Waals surface area (Å²) < 4.78 is 2.34. The molecule has 0 fully saturated rings. The van der Waals surface area contributed by atoms with E-state index in [4.69, 9.17) is 23.8 Å². The van der Waals surface area contributed by atoms with Gasteiger partial charge in [0.2, 0.25) is 5.91 Å². The van der Waals surface area contributed by atoms with Crippen LogP contribution in [0.1, 0.15) is 30.5 Å². The summed E-state index contributed by atoms with van der Waals surface area (Å²) in [5.74, 6) is 0.660. The van der Waals surface area contributed by atoms with Gasteiger partial charge in [0.1, 0.15) is 0 Å². The maximum Gasteiger partial charge on any atom is 0.222 e. The third-order valence-electron chi connectivity index (χ3n) is 4.38. The van der Waals surface area contributed by atoms with E-state index in [2.05, 4.69) is 15.5 Å². The summed E-state index contributed by atoms with van der Waals surface area (Å²) in [5.41, 5.74) is 3.03. The van der Waals surface area contributed by atoms with Gasteiger partial charge < -0.3 is 5.32 Å². The van der Waals surface area contributed by atoms with Gasteiger partial charge in [-0.05, 0) is 37.7 Å². The van der Waals surface area contributed by atoms with Crippen LogP contribution in [0, 0.1) is 11.7 Å². The van der Waals surface area contributed by atoms with Crippen molar-refractivity contribution in [3.8, 4) is 11.4 Å². The van der Waals surface area contributed by atoms with Crippen LogP contribution >= 0.6 is 23.8 Å². The van der Waals surface area contributed by atoms with E-state index in [0.29, 0.717) is 22.8 Å². The van der Waals surface area contributed by atoms with Crippen LogP contribution in [0.2, 0.25) is 5.02 Å². The maximum atomic E-state index is 12.4. The first-order chi connectivity index (χ1) is 13.0. The van der Waals surface area contributed by atoms with E-state index in [1.165, 1.54) is 5.56 Å². The van der Waals surface area contributed by atoms with Crippen molar-refractivity contribution < 1.29 is 4.79 Å². The van der Waals surface area contributed by atoms with Crippen LogP contribution < -0.4 is 5.32 Å². The van der Waals surface area contributed by atoms with Crippen molar-refractivity contribution in [2.75, 3.05) is 0 Å². The van der Waals surface area contributed by atoms with Gasteiger partial charge in [-0.3, -0.25) is 14.5 Å².